The minimum absolute atomic E-state index is 1.20. The van der Waals surface area contributed by atoms with E-state index in [1.165, 1.54) is 278 Å². The maximum atomic E-state index is 2.43. The van der Waals surface area contributed by atoms with Crippen LogP contribution in [0.15, 0.2) is 528 Å². The van der Waals surface area contributed by atoms with E-state index in [0.717, 1.165) is 0 Å². The van der Waals surface area contributed by atoms with Gasteiger partial charge in [0.1, 0.15) is 0 Å². The zero-order chi connectivity index (χ0) is 100. The molecular weight excluding hydrogens is 1800 g/mol. The van der Waals surface area contributed by atoms with E-state index in [-0.39, 0.29) is 0 Å². The van der Waals surface area contributed by atoms with Gasteiger partial charge in [-0.2, -0.15) is 0 Å². The van der Waals surface area contributed by atoms with Crippen LogP contribution in [-0.4, -0.2) is 18.3 Å². The van der Waals surface area contributed by atoms with Gasteiger partial charge < -0.3 is 18.3 Å². The van der Waals surface area contributed by atoms with Crippen molar-refractivity contribution in [3.8, 4) is 22.7 Å². The Hall–Kier alpha value is -18.7. The molecule has 0 radical (unpaired) electrons. The molecule has 149 heavy (non-hydrogen) atoms. The topological polar surface area (TPSA) is 19.7 Å². The first-order chi connectivity index (χ1) is 73.4. The Morgan fingerprint density at radius 2 is 0.322 bits per heavy atom. The standard InChI is InChI=1S/4C31H21N.3C7H8/c1-20-9-8-15-28-27-14-6-7-16-30(27)32(31(20)28)21-17-18-26-24-12-3-2-10-22(24)23-11-4-5-13-25(23)29(26)19-21;1-20-9-8-16-30-31(20)27-14-6-7-15-29(27)32(30)21-17-18-26-24-12-3-2-10-22(24)23-11-4-5-13-25(23)28(26)19-21;1-20-14-17-31-29(18-20)27-12-6-7-13-30(27)32(31)21-15-16-26-24-10-3-2-8-22(24)23-9-4-5-11-25(23)28(26)19-21;1-20-14-16-28-27-12-6-7-13-30(27)32(31(28)18-20)21-15-17-26-24-10-3-2-8-22(24)23-9-4-5-11-25(23)29(26)19-21;3*1-7-5-3-2-4-6-7/h4*2-19H,1H3;3*2-6H,1H3. The third-order valence-corrected chi connectivity index (χ3v) is 30.2. The Bertz CT molecular complexity index is 10200. The number of nitrogens with zero attached hydrogens (tertiary/aromatic N) is 4. The monoisotopic (exact) mass is 1900 g/mol. The first kappa shape index (κ1) is 91.5. The fourth-order valence-electron chi connectivity index (χ4n) is 23.4. The Labute approximate surface area is 866 Å². The molecule has 31 rings (SSSR count). The molecule has 0 amide bonds. The summed E-state index contributed by atoms with van der Waals surface area (Å²) in [5.74, 6) is 0. The molecule has 0 saturated heterocycles. The van der Waals surface area contributed by atoms with Crippen molar-refractivity contribution in [1.82, 2.24) is 18.3 Å². The van der Waals surface area contributed by atoms with Crippen LogP contribution in [-0.2, 0) is 0 Å². The number of rotatable bonds is 4. The molecule has 708 valence electrons. The molecule has 0 bridgehead atoms. The highest BCUT2D eigenvalue weighted by Gasteiger charge is 2.23. The number of benzene rings is 27. The lowest BCUT2D eigenvalue weighted by molar-refractivity contribution is 1.17. The number of aromatic nitrogens is 4. The number of hydrogen-bond donors (Lipinski definition) is 0. The molecule has 0 saturated carbocycles. The Balaban J connectivity index is 0.0000000963. The van der Waals surface area contributed by atoms with Gasteiger partial charge in [0, 0.05) is 65.8 Å². The van der Waals surface area contributed by atoms with Gasteiger partial charge in [-0.1, -0.05) is 453 Å². The maximum Gasteiger partial charge on any atom is 0.0570 e. The van der Waals surface area contributed by atoms with Crippen LogP contribution in [0.25, 0.3) is 239 Å². The van der Waals surface area contributed by atoms with Crippen molar-refractivity contribution >= 4 is 216 Å². The van der Waals surface area contributed by atoms with Crippen LogP contribution in [0.2, 0.25) is 0 Å². The van der Waals surface area contributed by atoms with Crippen molar-refractivity contribution in [2.75, 3.05) is 0 Å². The molecule has 0 unspecified atom stereocenters. The van der Waals surface area contributed by atoms with Crippen LogP contribution in [0, 0.1) is 48.5 Å². The SMILES string of the molecule is Cc1ccc2c(c1)c1ccccc1n2-c1ccc2c3ccccc3c3ccccc3c2c1.Cc1ccc2c3ccccc3n(-c3ccc4c5ccccc5c5ccccc5c4c3)c2c1.Cc1cccc2c1c1ccccc1n2-c1ccc2c3ccccc3c3ccccc3c2c1.Cc1cccc2c3ccccc3n(-c3ccc4c5ccccc5c5ccccc5c4c3)c12.Cc1ccccc1.Cc1ccccc1.Cc1ccccc1. The summed E-state index contributed by atoms with van der Waals surface area (Å²) in [6.45, 7) is 15.0. The summed E-state index contributed by atoms with van der Waals surface area (Å²) in [6.07, 6.45) is 0. The van der Waals surface area contributed by atoms with Crippen LogP contribution in [0.3, 0.4) is 0 Å². The van der Waals surface area contributed by atoms with Crippen molar-refractivity contribution in [2.45, 2.75) is 48.5 Å². The van der Waals surface area contributed by atoms with Gasteiger partial charge in [0.05, 0.1) is 44.1 Å². The van der Waals surface area contributed by atoms with E-state index < -0.39 is 0 Å². The van der Waals surface area contributed by atoms with Crippen molar-refractivity contribution in [3.05, 3.63) is 567 Å². The molecule has 0 aliphatic heterocycles. The summed E-state index contributed by atoms with van der Waals surface area (Å²) >= 11 is 0. The second-order valence-corrected chi connectivity index (χ2v) is 39.6. The van der Waals surface area contributed by atoms with Gasteiger partial charge in [-0.05, 0) is 291 Å². The highest BCUT2D eigenvalue weighted by atomic mass is 15.0. The molecule has 0 N–H and O–H groups in total. The second kappa shape index (κ2) is 39.1. The minimum Gasteiger partial charge on any atom is -0.309 e. The van der Waals surface area contributed by atoms with Gasteiger partial charge in [0.2, 0.25) is 0 Å². The van der Waals surface area contributed by atoms with Crippen molar-refractivity contribution in [3.63, 3.8) is 0 Å². The van der Waals surface area contributed by atoms with E-state index in [9.17, 15) is 0 Å². The molecule has 31 aromatic rings. The van der Waals surface area contributed by atoms with Crippen molar-refractivity contribution in [1.29, 1.82) is 0 Å². The fourth-order valence-corrected chi connectivity index (χ4v) is 23.4. The van der Waals surface area contributed by atoms with Crippen molar-refractivity contribution < 1.29 is 0 Å². The zero-order valence-corrected chi connectivity index (χ0v) is 84.5. The molecule has 0 fully saturated rings. The molecule has 4 heterocycles. The fraction of sp³-hybridized carbons (Fsp3) is 0.0483. The van der Waals surface area contributed by atoms with E-state index >= 15 is 0 Å². The lowest BCUT2D eigenvalue weighted by Gasteiger charge is -2.14. The summed E-state index contributed by atoms with van der Waals surface area (Å²) in [5, 5.41) is 41.9. The molecule has 0 atom stereocenters. The highest BCUT2D eigenvalue weighted by Crippen LogP contribution is 2.46. The van der Waals surface area contributed by atoms with Gasteiger partial charge in [0.25, 0.3) is 0 Å². The Morgan fingerprint density at radius 1 is 0.107 bits per heavy atom. The third-order valence-electron chi connectivity index (χ3n) is 30.2. The number of fused-ring (bicyclic) bond motifs is 36. The van der Waals surface area contributed by atoms with Gasteiger partial charge >= 0.3 is 0 Å². The minimum atomic E-state index is 1.20. The van der Waals surface area contributed by atoms with Gasteiger partial charge in [-0.3, -0.25) is 0 Å². The van der Waals surface area contributed by atoms with E-state index in [2.05, 4.69) is 540 Å². The quantitative estimate of drug-likeness (QED) is 0.157. The van der Waals surface area contributed by atoms with Gasteiger partial charge in [-0.15, -0.1) is 0 Å². The third kappa shape index (κ3) is 16.6. The van der Waals surface area contributed by atoms with Crippen molar-refractivity contribution in [2.24, 2.45) is 0 Å². The predicted molar refractivity (Wildman–Crippen MR) is 646 cm³/mol. The molecular formula is C145H108N4. The average Bonchev–Trinajstić information content (AvgIpc) is 1.37. The van der Waals surface area contributed by atoms with E-state index in [1.807, 2.05) is 54.6 Å². The molecule has 4 aromatic heterocycles. The second-order valence-electron chi connectivity index (χ2n) is 39.6. The number of para-hydroxylation sites is 5. The van der Waals surface area contributed by atoms with Crippen LogP contribution < -0.4 is 0 Å². The highest BCUT2D eigenvalue weighted by molar-refractivity contribution is 6.30. The molecule has 0 spiro atoms. The lowest BCUT2D eigenvalue weighted by Crippen LogP contribution is -1.95. The van der Waals surface area contributed by atoms with Crippen LogP contribution in [0.4, 0.5) is 0 Å². The predicted octanol–water partition coefficient (Wildman–Crippen LogP) is 40.2. The summed E-state index contributed by atoms with van der Waals surface area (Å²) in [7, 11) is 0. The summed E-state index contributed by atoms with van der Waals surface area (Å²) < 4.78 is 9.68. The lowest BCUT2D eigenvalue weighted by atomic mass is 9.94. The number of aryl methyl sites for hydroxylation is 7. The first-order valence-corrected chi connectivity index (χ1v) is 51.8. The average molecular weight is 1910 g/mol. The Kier molecular flexibility index (Phi) is 24.0. The van der Waals surface area contributed by atoms with E-state index in [0.29, 0.717) is 0 Å². The Morgan fingerprint density at radius 3 is 0.671 bits per heavy atom. The summed E-state index contributed by atoms with van der Waals surface area (Å²) in [4.78, 5) is 0. The molecule has 0 aliphatic carbocycles. The molecule has 0 aliphatic rings. The van der Waals surface area contributed by atoms with Crippen LogP contribution >= 0.6 is 0 Å². The van der Waals surface area contributed by atoms with Crippen LogP contribution in [0.5, 0.6) is 0 Å². The first-order valence-electron chi connectivity index (χ1n) is 51.8. The summed E-state index contributed by atoms with van der Waals surface area (Å²) in [6, 6.07) is 190. The maximum absolute atomic E-state index is 2.43. The molecule has 4 nitrogen and oxygen atoms in total. The largest absolute Gasteiger partial charge is 0.309 e. The smallest absolute Gasteiger partial charge is 0.0570 e. The molecule has 27 aromatic carbocycles. The summed E-state index contributed by atoms with van der Waals surface area (Å²) in [5.41, 5.74) is 24.0. The zero-order valence-electron chi connectivity index (χ0n) is 84.5. The van der Waals surface area contributed by atoms with Gasteiger partial charge in [-0.25, -0.2) is 0 Å². The van der Waals surface area contributed by atoms with E-state index in [4.69, 9.17) is 0 Å². The van der Waals surface area contributed by atoms with E-state index in [1.54, 1.807) is 0 Å². The van der Waals surface area contributed by atoms with Crippen LogP contribution in [0.1, 0.15) is 38.9 Å². The normalized spacial score (nSPS) is 11.5. The number of hydrogen-bond acceptors (Lipinski definition) is 0. The van der Waals surface area contributed by atoms with Gasteiger partial charge in [0.15, 0.2) is 0 Å². The molecule has 4 heteroatoms.